The minimum atomic E-state index is -0.794. The van der Waals surface area contributed by atoms with Gasteiger partial charge in [0.05, 0.1) is 6.61 Å². The van der Waals surface area contributed by atoms with Crippen LogP contribution in [0, 0.1) is 0 Å². The van der Waals surface area contributed by atoms with Crippen molar-refractivity contribution in [3.8, 4) is 0 Å². The van der Waals surface area contributed by atoms with E-state index in [-0.39, 0.29) is 25.2 Å². The van der Waals surface area contributed by atoms with Crippen LogP contribution in [0.4, 0.5) is 0 Å². The maximum Gasteiger partial charge on any atom is 0.306 e. The first kappa shape index (κ1) is 73.3. The Hall–Kier alpha value is -4.74. The molecule has 0 saturated carbocycles. The smallest absolute Gasteiger partial charge is 0.306 e. The Morgan fingerprint density at radius 1 is 0.295 bits per heavy atom. The van der Waals surface area contributed by atoms with Gasteiger partial charge in [-0.15, -0.1) is 0 Å². The molecule has 5 heteroatoms. The van der Waals surface area contributed by atoms with Crippen molar-refractivity contribution < 1.29 is 24.2 Å². The lowest BCUT2D eigenvalue weighted by Crippen LogP contribution is -2.28. The molecule has 0 heterocycles. The van der Waals surface area contributed by atoms with Crippen LogP contribution >= 0.6 is 0 Å². The normalized spacial score (nSPS) is 13.4. The fourth-order valence-corrected chi connectivity index (χ4v) is 8.34. The lowest BCUT2D eigenvalue weighted by molar-refractivity contribution is -0.161. The Balaban J connectivity index is 3.58. The SMILES string of the molecule is CC/C=C\C/C=C\C/C=C\C/C=C\C/C=C\C/C=C\C/C=C\C/C=C\CCCCCCCCC(=O)OC(CO)COC(=O)CCCCCCCCCCCCCCCC/C=C\C/C=C\C/C=C\C/C=C\C/C=C\C/C=C\CC. The van der Waals surface area contributed by atoms with Gasteiger partial charge in [-0.05, 0) is 128 Å². The second-order valence-electron chi connectivity index (χ2n) is 20.4. The zero-order valence-corrected chi connectivity index (χ0v) is 50.1. The number of hydrogen-bond donors (Lipinski definition) is 1. The molecule has 0 saturated heterocycles. The van der Waals surface area contributed by atoms with Crippen molar-refractivity contribution in [3.63, 3.8) is 0 Å². The number of allylic oxidation sites excluding steroid dienone is 28. The van der Waals surface area contributed by atoms with Crippen LogP contribution < -0.4 is 0 Å². The minimum Gasteiger partial charge on any atom is -0.462 e. The molecule has 0 aliphatic carbocycles. The molecular formula is C73H116O5. The fourth-order valence-electron chi connectivity index (χ4n) is 8.34. The second-order valence-corrected chi connectivity index (χ2v) is 20.4. The molecule has 0 rings (SSSR count). The van der Waals surface area contributed by atoms with Crippen molar-refractivity contribution in [3.05, 3.63) is 170 Å². The van der Waals surface area contributed by atoms with Crippen molar-refractivity contribution >= 4 is 11.9 Å². The molecule has 1 unspecified atom stereocenters. The van der Waals surface area contributed by atoms with E-state index in [1.807, 2.05) is 0 Å². The van der Waals surface area contributed by atoms with Gasteiger partial charge in [0, 0.05) is 12.8 Å². The Morgan fingerprint density at radius 3 is 0.769 bits per heavy atom. The summed E-state index contributed by atoms with van der Waals surface area (Å²) in [6.45, 7) is 3.90. The van der Waals surface area contributed by atoms with Gasteiger partial charge in [-0.1, -0.05) is 287 Å². The molecule has 0 fully saturated rings. The molecule has 0 radical (unpaired) electrons. The molecule has 1 N–H and O–H groups in total. The molecular weight excluding hydrogens is 957 g/mol. The summed E-state index contributed by atoms with van der Waals surface area (Å²) in [7, 11) is 0. The van der Waals surface area contributed by atoms with Gasteiger partial charge >= 0.3 is 11.9 Å². The molecule has 0 aliphatic rings. The third-order valence-electron chi connectivity index (χ3n) is 13.0. The van der Waals surface area contributed by atoms with Crippen LogP contribution in [0.3, 0.4) is 0 Å². The standard InChI is InChI=1S/C73H116O5/c1-3-5-7-9-11-13-15-17-19-21-23-25-27-29-31-33-35-36-38-39-41-43-45-47-49-51-53-55-57-59-61-63-65-67-72(75)77-70-71(69-74)78-73(76)68-66-64-62-60-58-56-54-52-50-48-46-44-42-40-37-34-32-30-28-26-24-22-20-18-16-14-12-10-8-6-4-2/h5-8,11-14,17-20,23-26,29-32,35-37,40,44,46,50,52,71,74H,3-4,9-10,15-16,21-22,27-28,33-34,38-39,41-43,45,47-49,51,53-70H2,1-2H3/b7-5-,8-6-,13-11-,14-12-,19-17-,20-18-,25-23-,26-24-,31-29-,32-30-,36-35-,40-37-,46-44-,52-50-. The van der Waals surface area contributed by atoms with Gasteiger partial charge in [0.2, 0.25) is 0 Å². The monoisotopic (exact) mass is 1070 g/mol. The predicted octanol–water partition coefficient (Wildman–Crippen LogP) is 22.1. The molecule has 0 spiro atoms. The van der Waals surface area contributed by atoms with Gasteiger partial charge < -0.3 is 14.6 Å². The number of aliphatic hydroxyl groups excluding tert-OH is 1. The lowest BCUT2D eigenvalue weighted by Gasteiger charge is -2.15. The van der Waals surface area contributed by atoms with Gasteiger partial charge in [-0.2, -0.15) is 0 Å². The Kier molecular flexibility index (Phi) is 62.5. The van der Waals surface area contributed by atoms with Gasteiger partial charge in [0.15, 0.2) is 6.10 Å². The van der Waals surface area contributed by atoms with Crippen LogP contribution in [0.1, 0.15) is 258 Å². The van der Waals surface area contributed by atoms with Gasteiger partial charge in [-0.25, -0.2) is 0 Å². The lowest BCUT2D eigenvalue weighted by atomic mass is 10.0. The summed E-state index contributed by atoms with van der Waals surface area (Å²) in [6.07, 6.45) is 103. The molecule has 5 nitrogen and oxygen atoms in total. The number of esters is 2. The van der Waals surface area contributed by atoms with Crippen molar-refractivity contribution in [2.45, 2.75) is 264 Å². The molecule has 0 aliphatic heterocycles. The topological polar surface area (TPSA) is 72.8 Å². The number of rotatable bonds is 56. The highest BCUT2D eigenvalue weighted by Crippen LogP contribution is 2.15. The number of carbonyl (C=O) groups is 2. The van der Waals surface area contributed by atoms with Crippen LogP contribution in [-0.4, -0.2) is 36.4 Å². The first-order valence-corrected chi connectivity index (χ1v) is 31.7. The van der Waals surface area contributed by atoms with Gasteiger partial charge in [0.25, 0.3) is 0 Å². The number of ether oxygens (including phenoxy) is 2. The van der Waals surface area contributed by atoms with Crippen molar-refractivity contribution in [1.29, 1.82) is 0 Å². The molecule has 0 amide bonds. The van der Waals surface area contributed by atoms with E-state index in [1.54, 1.807) is 0 Å². The third-order valence-corrected chi connectivity index (χ3v) is 13.0. The molecule has 438 valence electrons. The molecule has 0 bridgehead atoms. The summed E-state index contributed by atoms with van der Waals surface area (Å²) in [5.41, 5.74) is 0. The highest BCUT2D eigenvalue weighted by Gasteiger charge is 2.16. The summed E-state index contributed by atoms with van der Waals surface area (Å²) in [4.78, 5) is 24.6. The second kappa shape index (κ2) is 66.5. The summed E-state index contributed by atoms with van der Waals surface area (Å²) in [6, 6.07) is 0. The molecule has 1 atom stereocenters. The van der Waals surface area contributed by atoms with Crippen LogP contribution in [0.5, 0.6) is 0 Å². The number of aliphatic hydroxyl groups is 1. The summed E-state index contributed by atoms with van der Waals surface area (Å²) in [5, 5.41) is 9.68. The van der Waals surface area contributed by atoms with Crippen molar-refractivity contribution in [2.75, 3.05) is 13.2 Å². The van der Waals surface area contributed by atoms with Crippen LogP contribution in [0.15, 0.2) is 170 Å². The van der Waals surface area contributed by atoms with E-state index in [1.165, 1.54) is 96.3 Å². The highest BCUT2D eigenvalue weighted by atomic mass is 16.6. The van der Waals surface area contributed by atoms with Gasteiger partial charge in [-0.3, -0.25) is 9.59 Å². The summed E-state index contributed by atoms with van der Waals surface area (Å²) < 4.78 is 10.7. The third kappa shape index (κ3) is 63.8. The Morgan fingerprint density at radius 2 is 0.513 bits per heavy atom. The molecule has 0 aromatic rings. The molecule has 0 aromatic heterocycles. The first-order valence-electron chi connectivity index (χ1n) is 31.7. The van der Waals surface area contributed by atoms with E-state index < -0.39 is 6.10 Å². The zero-order chi connectivity index (χ0) is 56.2. The van der Waals surface area contributed by atoms with Crippen molar-refractivity contribution in [1.82, 2.24) is 0 Å². The van der Waals surface area contributed by atoms with Gasteiger partial charge in [0.1, 0.15) is 6.61 Å². The predicted molar refractivity (Wildman–Crippen MR) is 343 cm³/mol. The Bertz CT molecular complexity index is 1740. The van der Waals surface area contributed by atoms with E-state index in [0.29, 0.717) is 12.8 Å². The Labute approximate surface area is 481 Å². The number of carbonyl (C=O) groups excluding carboxylic acids is 2. The maximum atomic E-state index is 12.3. The largest absolute Gasteiger partial charge is 0.462 e. The van der Waals surface area contributed by atoms with E-state index >= 15 is 0 Å². The average Bonchev–Trinajstić information content (AvgIpc) is 3.44. The quantitative estimate of drug-likeness (QED) is 0.0373. The van der Waals surface area contributed by atoms with E-state index in [9.17, 15) is 14.7 Å². The first-order chi connectivity index (χ1) is 38.6. The highest BCUT2D eigenvalue weighted by molar-refractivity contribution is 5.70. The number of hydrogen-bond acceptors (Lipinski definition) is 5. The van der Waals surface area contributed by atoms with Crippen LogP contribution in [-0.2, 0) is 19.1 Å². The fraction of sp³-hybridized carbons (Fsp3) is 0.589. The summed E-state index contributed by atoms with van der Waals surface area (Å²) >= 11 is 0. The maximum absolute atomic E-state index is 12.3. The zero-order valence-electron chi connectivity index (χ0n) is 50.1. The number of unbranched alkanes of at least 4 members (excludes halogenated alkanes) is 20. The van der Waals surface area contributed by atoms with Crippen molar-refractivity contribution in [2.24, 2.45) is 0 Å². The van der Waals surface area contributed by atoms with E-state index in [4.69, 9.17) is 9.47 Å². The minimum absolute atomic E-state index is 0.0821. The van der Waals surface area contributed by atoms with Crippen LogP contribution in [0.2, 0.25) is 0 Å². The van der Waals surface area contributed by atoms with Crippen LogP contribution in [0.25, 0.3) is 0 Å². The average molecular weight is 1070 g/mol. The van der Waals surface area contributed by atoms with E-state index in [0.717, 1.165) is 135 Å². The summed E-state index contributed by atoms with van der Waals surface area (Å²) in [5.74, 6) is -0.616. The molecule has 78 heavy (non-hydrogen) atoms. The molecule has 0 aromatic carbocycles. The van der Waals surface area contributed by atoms with E-state index in [2.05, 4.69) is 184 Å².